The molecule has 4 heteroatoms. The first-order valence-electron chi connectivity index (χ1n) is 6.32. The van der Waals surface area contributed by atoms with E-state index < -0.39 is 0 Å². The SMILES string of the molecule is COc1ncccc1COc1cnc2ccccc2c1. The molecular weight excluding hydrogens is 252 g/mol. The maximum absolute atomic E-state index is 5.76. The van der Waals surface area contributed by atoms with E-state index in [1.165, 1.54) is 0 Å². The van der Waals surface area contributed by atoms with E-state index in [2.05, 4.69) is 9.97 Å². The highest BCUT2D eigenvalue weighted by molar-refractivity contribution is 5.79. The fourth-order valence-corrected chi connectivity index (χ4v) is 2.01. The van der Waals surface area contributed by atoms with Crippen molar-refractivity contribution in [3.63, 3.8) is 0 Å². The molecule has 3 aromatic rings. The minimum Gasteiger partial charge on any atom is -0.487 e. The van der Waals surface area contributed by atoms with Gasteiger partial charge in [0.15, 0.2) is 0 Å². The molecule has 2 aromatic heterocycles. The lowest BCUT2D eigenvalue weighted by molar-refractivity contribution is 0.293. The summed E-state index contributed by atoms with van der Waals surface area (Å²) in [5.74, 6) is 1.32. The van der Waals surface area contributed by atoms with Gasteiger partial charge in [0.1, 0.15) is 12.4 Å². The van der Waals surface area contributed by atoms with Gasteiger partial charge in [0.05, 0.1) is 24.4 Å². The Hall–Kier alpha value is -2.62. The highest BCUT2D eigenvalue weighted by Gasteiger charge is 2.05. The summed E-state index contributed by atoms with van der Waals surface area (Å²) < 4.78 is 11.0. The molecule has 0 atom stereocenters. The summed E-state index contributed by atoms with van der Waals surface area (Å²) in [5.41, 5.74) is 1.86. The first-order chi connectivity index (χ1) is 9.86. The van der Waals surface area contributed by atoms with Gasteiger partial charge >= 0.3 is 0 Å². The van der Waals surface area contributed by atoms with E-state index in [0.29, 0.717) is 12.5 Å². The summed E-state index contributed by atoms with van der Waals surface area (Å²) in [6.07, 6.45) is 3.42. The predicted molar refractivity (Wildman–Crippen MR) is 76.9 cm³/mol. The maximum Gasteiger partial charge on any atom is 0.219 e. The van der Waals surface area contributed by atoms with Gasteiger partial charge in [-0.3, -0.25) is 4.98 Å². The molecule has 0 radical (unpaired) electrons. The highest BCUT2D eigenvalue weighted by atomic mass is 16.5. The van der Waals surface area contributed by atoms with Crippen molar-refractivity contribution in [1.29, 1.82) is 0 Å². The maximum atomic E-state index is 5.76. The van der Waals surface area contributed by atoms with Crippen molar-refractivity contribution in [3.05, 3.63) is 60.4 Å². The average Bonchev–Trinajstić information content (AvgIpc) is 2.53. The Morgan fingerprint density at radius 3 is 2.85 bits per heavy atom. The normalized spacial score (nSPS) is 10.4. The molecule has 0 amide bonds. The molecule has 1 aromatic carbocycles. The van der Waals surface area contributed by atoms with Crippen molar-refractivity contribution in [3.8, 4) is 11.6 Å². The van der Waals surface area contributed by atoms with Gasteiger partial charge in [-0.05, 0) is 24.3 Å². The number of nitrogens with zero attached hydrogens (tertiary/aromatic N) is 2. The Labute approximate surface area is 117 Å². The smallest absolute Gasteiger partial charge is 0.219 e. The van der Waals surface area contributed by atoms with Crippen LogP contribution in [0.2, 0.25) is 0 Å². The number of benzene rings is 1. The molecule has 0 aliphatic heterocycles. The molecule has 0 saturated heterocycles. The molecule has 3 rings (SSSR count). The van der Waals surface area contributed by atoms with E-state index in [4.69, 9.17) is 9.47 Å². The largest absolute Gasteiger partial charge is 0.487 e. The van der Waals surface area contributed by atoms with Crippen LogP contribution < -0.4 is 9.47 Å². The van der Waals surface area contributed by atoms with Crippen LogP contribution in [0.3, 0.4) is 0 Å². The van der Waals surface area contributed by atoms with E-state index in [-0.39, 0.29) is 0 Å². The summed E-state index contributed by atoms with van der Waals surface area (Å²) in [7, 11) is 1.60. The zero-order chi connectivity index (χ0) is 13.8. The third-order valence-electron chi connectivity index (χ3n) is 3.00. The summed E-state index contributed by atoms with van der Waals surface area (Å²) in [6.45, 7) is 0.400. The van der Waals surface area contributed by atoms with E-state index >= 15 is 0 Å². The highest BCUT2D eigenvalue weighted by Crippen LogP contribution is 2.20. The standard InChI is InChI=1S/C16H14N2O2/c1-19-16-13(6-4-8-17-16)11-20-14-9-12-5-2-3-7-15(12)18-10-14/h2-10H,11H2,1H3. The van der Waals surface area contributed by atoms with Gasteiger partial charge in [-0.1, -0.05) is 18.2 Å². The van der Waals surface area contributed by atoms with Crippen molar-refractivity contribution in [2.24, 2.45) is 0 Å². The molecule has 0 spiro atoms. The number of fused-ring (bicyclic) bond motifs is 1. The molecule has 4 nitrogen and oxygen atoms in total. The fourth-order valence-electron chi connectivity index (χ4n) is 2.01. The zero-order valence-corrected chi connectivity index (χ0v) is 11.1. The first-order valence-corrected chi connectivity index (χ1v) is 6.32. The van der Waals surface area contributed by atoms with Gasteiger partial charge in [0.2, 0.25) is 5.88 Å². The Balaban J connectivity index is 1.79. The van der Waals surface area contributed by atoms with E-state index in [9.17, 15) is 0 Å². The van der Waals surface area contributed by atoms with Crippen LogP contribution in [0.25, 0.3) is 10.9 Å². The van der Waals surface area contributed by atoms with Crippen molar-refractivity contribution in [2.45, 2.75) is 6.61 Å². The minimum atomic E-state index is 0.400. The number of hydrogen-bond acceptors (Lipinski definition) is 4. The first kappa shape index (κ1) is 12.4. The van der Waals surface area contributed by atoms with Crippen LogP contribution in [0, 0.1) is 0 Å². The molecule has 20 heavy (non-hydrogen) atoms. The molecule has 0 aliphatic carbocycles. The lowest BCUT2D eigenvalue weighted by atomic mass is 10.2. The molecule has 2 heterocycles. The van der Waals surface area contributed by atoms with Crippen LogP contribution in [-0.4, -0.2) is 17.1 Å². The Morgan fingerprint density at radius 2 is 1.95 bits per heavy atom. The van der Waals surface area contributed by atoms with Gasteiger partial charge in [-0.25, -0.2) is 4.98 Å². The van der Waals surface area contributed by atoms with Crippen molar-refractivity contribution in [1.82, 2.24) is 9.97 Å². The van der Waals surface area contributed by atoms with Crippen LogP contribution in [0.15, 0.2) is 54.9 Å². The van der Waals surface area contributed by atoms with Gasteiger partial charge in [0, 0.05) is 11.6 Å². The summed E-state index contributed by atoms with van der Waals surface area (Å²) >= 11 is 0. The number of aromatic nitrogens is 2. The molecule has 100 valence electrons. The van der Waals surface area contributed by atoms with Crippen molar-refractivity contribution in [2.75, 3.05) is 7.11 Å². The van der Waals surface area contributed by atoms with Crippen LogP contribution in [0.5, 0.6) is 11.6 Å². The zero-order valence-electron chi connectivity index (χ0n) is 11.1. The van der Waals surface area contributed by atoms with Gasteiger partial charge in [-0.15, -0.1) is 0 Å². The number of ether oxygens (including phenoxy) is 2. The van der Waals surface area contributed by atoms with E-state index in [0.717, 1.165) is 22.2 Å². The van der Waals surface area contributed by atoms with E-state index in [1.807, 2.05) is 42.5 Å². The quantitative estimate of drug-likeness (QED) is 0.727. The van der Waals surface area contributed by atoms with Crippen LogP contribution in [0.1, 0.15) is 5.56 Å². The van der Waals surface area contributed by atoms with Gasteiger partial charge in [-0.2, -0.15) is 0 Å². The van der Waals surface area contributed by atoms with Crippen LogP contribution >= 0.6 is 0 Å². The number of pyridine rings is 2. The second kappa shape index (κ2) is 5.57. The van der Waals surface area contributed by atoms with Crippen molar-refractivity contribution < 1.29 is 9.47 Å². The minimum absolute atomic E-state index is 0.400. The number of methoxy groups -OCH3 is 1. The van der Waals surface area contributed by atoms with Crippen LogP contribution in [-0.2, 0) is 6.61 Å². The lowest BCUT2D eigenvalue weighted by Crippen LogP contribution is -2.00. The predicted octanol–water partition coefficient (Wildman–Crippen LogP) is 3.22. The molecule has 0 saturated carbocycles. The van der Waals surface area contributed by atoms with Crippen LogP contribution in [0.4, 0.5) is 0 Å². The van der Waals surface area contributed by atoms with Crippen molar-refractivity contribution >= 4 is 10.9 Å². The number of para-hydroxylation sites is 1. The molecular formula is C16H14N2O2. The summed E-state index contributed by atoms with van der Waals surface area (Å²) in [4.78, 5) is 8.51. The second-order valence-electron chi connectivity index (χ2n) is 4.32. The molecule has 0 aliphatic rings. The fraction of sp³-hybridized carbons (Fsp3) is 0.125. The third kappa shape index (κ3) is 2.54. The second-order valence-corrected chi connectivity index (χ2v) is 4.32. The molecule has 0 unspecified atom stereocenters. The number of hydrogen-bond donors (Lipinski definition) is 0. The molecule has 0 N–H and O–H groups in total. The number of rotatable bonds is 4. The van der Waals surface area contributed by atoms with Gasteiger partial charge in [0.25, 0.3) is 0 Å². The Kier molecular flexibility index (Phi) is 3.46. The Bertz CT molecular complexity index is 728. The molecule has 0 bridgehead atoms. The monoisotopic (exact) mass is 266 g/mol. The molecule has 0 fully saturated rings. The van der Waals surface area contributed by atoms with E-state index in [1.54, 1.807) is 19.5 Å². The topological polar surface area (TPSA) is 44.2 Å². The summed E-state index contributed by atoms with van der Waals surface area (Å²) in [6, 6.07) is 13.7. The Morgan fingerprint density at radius 1 is 1.05 bits per heavy atom. The third-order valence-corrected chi connectivity index (χ3v) is 3.00. The average molecular weight is 266 g/mol. The lowest BCUT2D eigenvalue weighted by Gasteiger charge is -2.09. The van der Waals surface area contributed by atoms with Gasteiger partial charge < -0.3 is 9.47 Å². The summed E-state index contributed by atoms with van der Waals surface area (Å²) in [5, 5.41) is 1.06.